The van der Waals surface area contributed by atoms with Gasteiger partial charge in [-0.3, -0.25) is 9.59 Å². The van der Waals surface area contributed by atoms with E-state index in [0.717, 1.165) is 18.4 Å². The van der Waals surface area contributed by atoms with Crippen molar-refractivity contribution in [1.29, 1.82) is 0 Å². The van der Waals surface area contributed by atoms with Crippen LogP contribution in [0.25, 0.3) is 11.3 Å². The number of rotatable bonds is 13. The fraction of sp³-hybridized carbons (Fsp3) is 0.355. The summed E-state index contributed by atoms with van der Waals surface area (Å²) in [6, 6.07) is 10.0. The smallest absolute Gasteiger partial charge is 0.233 e. The molecule has 0 heterocycles. The minimum absolute atomic E-state index is 0.253. The van der Waals surface area contributed by atoms with Gasteiger partial charge in [0.1, 0.15) is 24.6 Å². The molecule has 1 aliphatic carbocycles. The Balaban J connectivity index is 1.76. The third kappa shape index (κ3) is 8.29. The first-order chi connectivity index (χ1) is 18.6. The Morgan fingerprint density at radius 3 is 2.23 bits per heavy atom. The van der Waals surface area contributed by atoms with Gasteiger partial charge in [-0.2, -0.15) is 0 Å². The average molecular weight is 536 g/mol. The van der Waals surface area contributed by atoms with Crippen LogP contribution in [0.2, 0.25) is 0 Å². The van der Waals surface area contributed by atoms with Crippen molar-refractivity contribution in [3.8, 4) is 5.75 Å². The molecule has 2 aromatic carbocycles. The lowest BCUT2D eigenvalue weighted by atomic mass is 9.98. The lowest BCUT2D eigenvalue weighted by Gasteiger charge is -2.26. The monoisotopic (exact) mass is 535 g/mol. The largest absolute Gasteiger partial charge is 0.491 e. The molecule has 1 aliphatic rings. The summed E-state index contributed by atoms with van der Waals surface area (Å²) in [5.41, 5.74) is 2.13. The van der Waals surface area contributed by atoms with Gasteiger partial charge in [-0.25, -0.2) is 4.39 Å². The molecule has 1 fully saturated rings. The van der Waals surface area contributed by atoms with Crippen LogP contribution in [0, 0.1) is 11.7 Å². The fourth-order valence-electron chi connectivity index (χ4n) is 4.27. The first-order valence-electron chi connectivity index (χ1n) is 13.0. The molecule has 0 bridgehead atoms. The van der Waals surface area contributed by atoms with Crippen molar-refractivity contribution in [2.24, 2.45) is 5.92 Å². The number of nitrogens with one attached hydrogen (secondary N) is 3. The van der Waals surface area contributed by atoms with Gasteiger partial charge in [0.2, 0.25) is 11.8 Å². The summed E-state index contributed by atoms with van der Waals surface area (Å²) in [5, 5.41) is 9.85. The molecule has 7 nitrogen and oxygen atoms in total. The molecule has 0 radical (unpaired) electrons. The van der Waals surface area contributed by atoms with Crippen LogP contribution in [-0.4, -0.2) is 37.7 Å². The Labute approximate surface area is 229 Å². The number of hydrogen-bond donors (Lipinski definition) is 3. The first kappa shape index (κ1) is 29.6. The van der Waals surface area contributed by atoms with Gasteiger partial charge in [0.05, 0.1) is 6.61 Å². The van der Waals surface area contributed by atoms with Gasteiger partial charge in [-0.05, 0) is 86.7 Å². The van der Waals surface area contributed by atoms with Gasteiger partial charge < -0.3 is 25.4 Å². The van der Waals surface area contributed by atoms with E-state index in [1.165, 1.54) is 6.07 Å². The molecular weight excluding hydrogens is 497 g/mol. The minimum Gasteiger partial charge on any atom is -0.491 e. The number of benzene rings is 2. The van der Waals surface area contributed by atoms with Crippen LogP contribution in [0.15, 0.2) is 61.7 Å². The third-order valence-electron chi connectivity index (χ3n) is 6.65. The number of amides is 2. The van der Waals surface area contributed by atoms with Crippen LogP contribution < -0.4 is 31.1 Å². The van der Waals surface area contributed by atoms with Crippen LogP contribution in [0.1, 0.15) is 40.0 Å². The lowest BCUT2D eigenvalue weighted by Crippen LogP contribution is -2.46. The SMILES string of the molecule is C=C/C(C)=c1/cc(OCCOC)cc(F)/c1=C(/C=C)Nc1ccc(NC(=O)CC(=O)NC(C)(C)C2CC2)cc1. The highest BCUT2D eigenvalue weighted by Gasteiger charge is 2.38. The number of carbonyl (C=O) groups excluding carboxylic acids is 2. The van der Waals surface area contributed by atoms with E-state index in [1.54, 1.807) is 49.6 Å². The number of allylic oxidation sites excluding steroid dienone is 1. The van der Waals surface area contributed by atoms with Gasteiger partial charge >= 0.3 is 0 Å². The van der Waals surface area contributed by atoms with E-state index in [2.05, 4.69) is 29.1 Å². The molecular formula is C31H38FN3O4. The zero-order chi connectivity index (χ0) is 28.6. The summed E-state index contributed by atoms with van der Waals surface area (Å²) in [7, 11) is 1.57. The van der Waals surface area contributed by atoms with Crippen LogP contribution in [0.5, 0.6) is 5.75 Å². The quantitative estimate of drug-likeness (QED) is 0.264. The van der Waals surface area contributed by atoms with E-state index in [9.17, 15) is 9.59 Å². The van der Waals surface area contributed by atoms with Gasteiger partial charge in [0.25, 0.3) is 0 Å². The summed E-state index contributed by atoms with van der Waals surface area (Å²) in [6.07, 6.45) is 5.14. The van der Waals surface area contributed by atoms with Crippen LogP contribution in [-0.2, 0) is 14.3 Å². The average Bonchev–Trinajstić information content (AvgIpc) is 3.74. The maximum Gasteiger partial charge on any atom is 0.233 e. The molecule has 0 aliphatic heterocycles. The second-order valence-corrected chi connectivity index (χ2v) is 10.1. The predicted octanol–water partition coefficient (Wildman–Crippen LogP) is 4.25. The first-order valence-corrected chi connectivity index (χ1v) is 13.0. The summed E-state index contributed by atoms with van der Waals surface area (Å²) in [4.78, 5) is 24.7. The molecule has 0 saturated heterocycles. The Hall–Kier alpha value is -3.91. The number of ether oxygens (including phenoxy) is 2. The number of hydrogen-bond acceptors (Lipinski definition) is 5. The van der Waals surface area contributed by atoms with Gasteiger partial charge in [-0.1, -0.05) is 19.2 Å². The zero-order valence-corrected chi connectivity index (χ0v) is 23.2. The van der Waals surface area contributed by atoms with Gasteiger partial charge in [0, 0.05) is 41.0 Å². The van der Waals surface area contributed by atoms with Gasteiger partial charge in [0.15, 0.2) is 0 Å². The maximum atomic E-state index is 15.4. The Morgan fingerprint density at radius 1 is 1.03 bits per heavy atom. The lowest BCUT2D eigenvalue weighted by molar-refractivity contribution is -0.128. The highest BCUT2D eigenvalue weighted by molar-refractivity contribution is 6.03. The van der Waals surface area contributed by atoms with E-state index in [1.807, 2.05) is 20.8 Å². The Bertz CT molecular complexity index is 1350. The zero-order valence-electron chi connectivity index (χ0n) is 23.2. The molecule has 2 amide bonds. The van der Waals surface area contributed by atoms with Crippen LogP contribution >= 0.6 is 0 Å². The molecule has 208 valence electrons. The Kier molecular flexibility index (Phi) is 10.1. The molecule has 0 unspecified atom stereocenters. The van der Waals surface area contributed by atoms with E-state index in [-0.39, 0.29) is 17.9 Å². The van der Waals surface area contributed by atoms with E-state index >= 15 is 4.39 Å². The molecule has 8 heteroatoms. The van der Waals surface area contributed by atoms with Crippen molar-refractivity contribution in [3.05, 3.63) is 78.0 Å². The number of anilines is 2. The van der Waals surface area contributed by atoms with E-state index in [0.29, 0.717) is 52.4 Å². The second-order valence-electron chi connectivity index (χ2n) is 10.1. The predicted molar refractivity (Wildman–Crippen MR) is 154 cm³/mol. The second kappa shape index (κ2) is 13.2. The summed E-state index contributed by atoms with van der Waals surface area (Å²) < 4.78 is 26.0. The van der Waals surface area contributed by atoms with Gasteiger partial charge in [-0.15, -0.1) is 0 Å². The molecule has 1 saturated carbocycles. The fourth-order valence-corrected chi connectivity index (χ4v) is 4.27. The normalized spacial score (nSPS) is 14.6. The van der Waals surface area contributed by atoms with Crippen molar-refractivity contribution in [3.63, 3.8) is 0 Å². The molecule has 39 heavy (non-hydrogen) atoms. The molecule has 0 aromatic heterocycles. The number of carbonyl (C=O) groups is 2. The van der Waals surface area contributed by atoms with Crippen molar-refractivity contribution in [2.45, 2.75) is 45.6 Å². The highest BCUT2D eigenvalue weighted by atomic mass is 19.1. The van der Waals surface area contributed by atoms with Crippen molar-refractivity contribution >= 4 is 34.5 Å². The summed E-state index contributed by atoms with van der Waals surface area (Å²) in [6.45, 7) is 14.2. The summed E-state index contributed by atoms with van der Waals surface area (Å²) >= 11 is 0. The highest BCUT2D eigenvalue weighted by Crippen LogP contribution is 2.39. The Morgan fingerprint density at radius 2 is 1.67 bits per heavy atom. The molecule has 0 atom stereocenters. The van der Waals surface area contributed by atoms with E-state index in [4.69, 9.17) is 9.47 Å². The third-order valence-corrected chi connectivity index (χ3v) is 6.65. The molecule has 3 N–H and O–H groups in total. The topological polar surface area (TPSA) is 88.7 Å². The minimum atomic E-state index is -0.476. The molecule has 3 rings (SSSR count). The van der Waals surface area contributed by atoms with Crippen LogP contribution in [0.4, 0.5) is 15.8 Å². The molecule has 2 aromatic rings. The number of halogens is 1. The summed E-state index contributed by atoms with van der Waals surface area (Å²) in [5.74, 6) is -0.314. The molecule has 0 spiro atoms. The van der Waals surface area contributed by atoms with Crippen LogP contribution in [0.3, 0.4) is 0 Å². The van der Waals surface area contributed by atoms with Crippen molar-refractivity contribution in [1.82, 2.24) is 5.32 Å². The van der Waals surface area contributed by atoms with Crippen molar-refractivity contribution in [2.75, 3.05) is 31.0 Å². The standard InChI is InChI=1S/C31H38FN3O4/c1-7-20(3)25-17-24(39-16-15-38-6)18-26(32)30(25)27(8-2)33-22-11-13-23(14-12-22)34-28(36)19-29(37)35-31(4,5)21-9-10-21/h7-8,11-14,17-18,21,33H,1-2,9-10,15-16,19H2,3-6H3,(H,34,36)(H,35,37)/b25-20-,30-27-. The van der Waals surface area contributed by atoms with E-state index < -0.39 is 11.7 Å². The number of methoxy groups -OCH3 is 1. The van der Waals surface area contributed by atoms with Crippen molar-refractivity contribution < 1.29 is 23.5 Å². The maximum absolute atomic E-state index is 15.4.